The molecule has 0 aromatic carbocycles. The lowest BCUT2D eigenvalue weighted by molar-refractivity contribution is 0.113. The first-order valence-electron chi connectivity index (χ1n) is 7.72. The van der Waals surface area contributed by atoms with Gasteiger partial charge in [0.25, 0.3) is 0 Å². The van der Waals surface area contributed by atoms with Crippen molar-refractivity contribution in [2.24, 2.45) is 11.7 Å². The first-order valence-corrected chi connectivity index (χ1v) is 7.72. The Labute approximate surface area is 108 Å². The minimum Gasteiger partial charge on any atom is -0.330 e. The van der Waals surface area contributed by atoms with Gasteiger partial charge < -0.3 is 10.6 Å². The maximum Gasteiger partial charge on any atom is 0.00671 e. The highest BCUT2D eigenvalue weighted by molar-refractivity contribution is 4.78. The van der Waals surface area contributed by atoms with Gasteiger partial charge in [-0.3, -0.25) is 0 Å². The molecule has 1 heterocycles. The lowest BCUT2D eigenvalue weighted by Crippen LogP contribution is -2.42. The third-order valence-electron chi connectivity index (χ3n) is 4.34. The van der Waals surface area contributed by atoms with E-state index in [1.165, 1.54) is 64.5 Å². The van der Waals surface area contributed by atoms with E-state index < -0.39 is 0 Å². The first kappa shape index (κ1) is 15.0. The molecule has 102 valence electrons. The molecule has 2 nitrogen and oxygen atoms in total. The summed E-state index contributed by atoms with van der Waals surface area (Å²) in [5.41, 5.74) is 5.50. The van der Waals surface area contributed by atoms with Crippen LogP contribution in [-0.2, 0) is 0 Å². The van der Waals surface area contributed by atoms with E-state index in [0.717, 1.165) is 18.5 Å². The van der Waals surface area contributed by atoms with E-state index in [0.29, 0.717) is 0 Å². The van der Waals surface area contributed by atoms with E-state index in [4.69, 9.17) is 5.73 Å². The largest absolute Gasteiger partial charge is 0.330 e. The Kier molecular flexibility index (Phi) is 7.87. The molecule has 0 aromatic heterocycles. The summed E-state index contributed by atoms with van der Waals surface area (Å²) < 4.78 is 0. The van der Waals surface area contributed by atoms with Crippen LogP contribution in [0.5, 0.6) is 0 Å². The molecule has 2 unspecified atom stereocenters. The van der Waals surface area contributed by atoms with Crippen LogP contribution in [0.1, 0.15) is 65.2 Å². The molecule has 0 aromatic rings. The van der Waals surface area contributed by atoms with Gasteiger partial charge in [0.2, 0.25) is 0 Å². The van der Waals surface area contributed by atoms with Gasteiger partial charge in [-0.25, -0.2) is 0 Å². The molecule has 2 N–H and O–H groups in total. The summed E-state index contributed by atoms with van der Waals surface area (Å²) in [6.07, 6.45) is 10.9. The minimum atomic E-state index is 0.821. The van der Waals surface area contributed by atoms with Crippen LogP contribution in [0.2, 0.25) is 0 Å². The molecule has 17 heavy (non-hydrogen) atoms. The van der Waals surface area contributed by atoms with Crippen molar-refractivity contribution in [3.05, 3.63) is 0 Å². The van der Waals surface area contributed by atoms with Crippen LogP contribution in [0, 0.1) is 5.92 Å². The van der Waals surface area contributed by atoms with E-state index in [-0.39, 0.29) is 0 Å². The van der Waals surface area contributed by atoms with E-state index >= 15 is 0 Å². The highest BCUT2D eigenvalue weighted by atomic mass is 15.2. The molecule has 0 amide bonds. The van der Waals surface area contributed by atoms with Crippen LogP contribution < -0.4 is 5.73 Å². The Morgan fingerprint density at radius 1 is 1.06 bits per heavy atom. The zero-order chi connectivity index (χ0) is 12.5. The van der Waals surface area contributed by atoms with Crippen LogP contribution in [0.25, 0.3) is 0 Å². The van der Waals surface area contributed by atoms with E-state index in [1.807, 2.05) is 0 Å². The van der Waals surface area contributed by atoms with Crippen molar-refractivity contribution >= 4 is 0 Å². The maximum atomic E-state index is 5.50. The Hall–Kier alpha value is -0.0800. The van der Waals surface area contributed by atoms with Crippen LogP contribution in [0.15, 0.2) is 0 Å². The van der Waals surface area contributed by atoms with Gasteiger partial charge >= 0.3 is 0 Å². The quantitative estimate of drug-likeness (QED) is 0.659. The van der Waals surface area contributed by atoms with Crippen LogP contribution in [0.4, 0.5) is 0 Å². The smallest absolute Gasteiger partial charge is 0.00671 e. The number of likely N-dealkylation sites (tertiary alicyclic amines) is 1. The predicted octanol–water partition coefficient (Wildman–Crippen LogP) is 3.41. The summed E-state index contributed by atoms with van der Waals surface area (Å²) in [5.74, 6) is 0.962. The lowest BCUT2D eigenvalue weighted by atomic mass is 9.91. The van der Waals surface area contributed by atoms with Crippen LogP contribution in [-0.4, -0.2) is 30.6 Å². The highest BCUT2D eigenvalue weighted by Crippen LogP contribution is 2.24. The Bertz CT molecular complexity index is 182. The molecule has 1 aliphatic rings. The molecule has 0 aliphatic carbocycles. The topological polar surface area (TPSA) is 29.3 Å². The molecule has 1 aliphatic heterocycles. The maximum absolute atomic E-state index is 5.50. The first-order chi connectivity index (χ1) is 8.27. The highest BCUT2D eigenvalue weighted by Gasteiger charge is 2.23. The molecule has 0 radical (unpaired) electrons. The average molecular weight is 240 g/mol. The molecular weight excluding hydrogens is 208 g/mol. The van der Waals surface area contributed by atoms with Crippen molar-refractivity contribution in [3.63, 3.8) is 0 Å². The fourth-order valence-corrected chi connectivity index (χ4v) is 2.90. The molecule has 1 saturated heterocycles. The number of hydrogen-bond donors (Lipinski definition) is 1. The van der Waals surface area contributed by atoms with Gasteiger partial charge in [-0.2, -0.15) is 0 Å². The summed E-state index contributed by atoms with van der Waals surface area (Å²) in [5, 5.41) is 0. The predicted molar refractivity (Wildman–Crippen MR) is 76.2 cm³/mol. The van der Waals surface area contributed by atoms with E-state index in [1.54, 1.807) is 0 Å². The van der Waals surface area contributed by atoms with Gasteiger partial charge in [0.05, 0.1) is 0 Å². The third-order valence-corrected chi connectivity index (χ3v) is 4.34. The van der Waals surface area contributed by atoms with Gasteiger partial charge in [-0.15, -0.1) is 0 Å². The normalized spacial score (nSPS) is 26.3. The van der Waals surface area contributed by atoms with Crippen molar-refractivity contribution in [3.8, 4) is 0 Å². The summed E-state index contributed by atoms with van der Waals surface area (Å²) in [6.45, 7) is 8.27. The summed E-state index contributed by atoms with van der Waals surface area (Å²) in [6, 6.07) is 0.821. The third kappa shape index (κ3) is 5.87. The fourth-order valence-electron chi connectivity index (χ4n) is 2.90. The standard InChI is InChI=1S/C15H32N2/c1-3-15-10-9-14(2)17(13-15)12-8-6-4-5-7-11-16/h14-15H,3-13,16H2,1-2H3. The van der Waals surface area contributed by atoms with E-state index in [9.17, 15) is 0 Å². The van der Waals surface area contributed by atoms with Crippen molar-refractivity contribution in [1.29, 1.82) is 0 Å². The second-order valence-electron chi connectivity index (χ2n) is 5.75. The van der Waals surface area contributed by atoms with Crippen LogP contribution in [0.3, 0.4) is 0 Å². The molecular formula is C15H32N2. The lowest BCUT2D eigenvalue weighted by Gasteiger charge is -2.37. The van der Waals surface area contributed by atoms with Gasteiger partial charge in [0.15, 0.2) is 0 Å². The number of unbranched alkanes of at least 4 members (excludes halogenated alkanes) is 4. The summed E-state index contributed by atoms with van der Waals surface area (Å²) >= 11 is 0. The van der Waals surface area contributed by atoms with Gasteiger partial charge in [0.1, 0.15) is 0 Å². The van der Waals surface area contributed by atoms with Crippen molar-refractivity contribution in [1.82, 2.24) is 4.90 Å². The molecule has 0 bridgehead atoms. The Morgan fingerprint density at radius 3 is 2.47 bits per heavy atom. The zero-order valence-corrected chi connectivity index (χ0v) is 12.0. The van der Waals surface area contributed by atoms with Crippen molar-refractivity contribution in [2.75, 3.05) is 19.6 Å². The number of nitrogens with two attached hydrogens (primary N) is 1. The van der Waals surface area contributed by atoms with Crippen LogP contribution >= 0.6 is 0 Å². The second-order valence-corrected chi connectivity index (χ2v) is 5.75. The summed E-state index contributed by atoms with van der Waals surface area (Å²) in [4.78, 5) is 2.72. The van der Waals surface area contributed by atoms with Crippen molar-refractivity contribution in [2.45, 2.75) is 71.3 Å². The molecule has 1 rings (SSSR count). The zero-order valence-electron chi connectivity index (χ0n) is 12.0. The molecule has 0 spiro atoms. The number of nitrogens with zero attached hydrogens (tertiary/aromatic N) is 1. The van der Waals surface area contributed by atoms with Crippen molar-refractivity contribution < 1.29 is 0 Å². The number of hydrogen-bond acceptors (Lipinski definition) is 2. The molecule has 2 heteroatoms. The van der Waals surface area contributed by atoms with Gasteiger partial charge in [-0.1, -0.05) is 32.6 Å². The minimum absolute atomic E-state index is 0.821. The number of piperidine rings is 1. The average Bonchev–Trinajstić information content (AvgIpc) is 2.35. The summed E-state index contributed by atoms with van der Waals surface area (Å²) in [7, 11) is 0. The molecule has 1 fully saturated rings. The SMILES string of the molecule is CCC1CCC(C)N(CCCCCCCN)C1. The fraction of sp³-hybridized carbons (Fsp3) is 1.00. The van der Waals surface area contributed by atoms with E-state index in [2.05, 4.69) is 18.7 Å². The molecule has 0 saturated carbocycles. The Balaban J connectivity index is 2.07. The second kappa shape index (κ2) is 8.93. The van der Waals surface area contributed by atoms with Gasteiger partial charge in [0, 0.05) is 12.6 Å². The van der Waals surface area contributed by atoms with Gasteiger partial charge in [-0.05, 0) is 51.6 Å². The number of rotatable bonds is 8. The monoisotopic (exact) mass is 240 g/mol. The Morgan fingerprint density at radius 2 is 1.76 bits per heavy atom. The molecule has 2 atom stereocenters.